The van der Waals surface area contributed by atoms with Gasteiger partial charge >= 0.3 is 5.76 Å². The van der Waals surface area contributed by atoms with Crippen molar-refractivity contribution in [1.82, 2.24) is 4.57 Å². The van der Waals surface area contributed by atoms with Gasteiger partial charge in [-0.2, -0.15) is 0 Å². The average Bonchev–Trinajstić information content (AvgIpc) is 2.60. The van der Waals surface area contributed by atoms with E-state index in [-0.39, 0.29) is 13.2 Å². The number of hydrogen-bond donors (Lipinski definition) is 1. The Kier molecular flexibility index (Phi) is 2.22. The monoisotopic (exact) mass is 213 g/mol. The lowest BCUT2D eigenvalue weighted by Crippen LogP contribution is -2.33. The van der Waals surface area contributed by atoms with Gasteiger partial charge in [-0.25, -0.2) is 9.36 Å². The molecule has 0 unspecified atom stereocenters. The van der Waals surface area contributed by atoms with E-state index in [0.29, 0.717) is 11.0 Å². The second-order valence-electron chi connectivity index (χ2n) is 2.70. The highest BCUT2D eigenvalue weighted by atomic mass is 32.1. The van der Waals surface area contributed by atoms with Crippen LogP contribution in [0.3, 0.4) is 0 Å². The van der Waals surface area contributed by atoms with Gasteiger partial charge < -0.3 is 9.52 Å². The smallest absolute Gasteiger partial charge is 0.408 e. The normalized spacial score (nSPS) is 10.9. The number of thiophene rings is 1. The molecule has 0 saturated carbocycles. The van der Waals surface area contributed by atoms with Crippen LogP contribution in [0.5, 0.6) is 0 Å². The molecule has 2 aromatic rings. The molecule has 0 atom stereocenters. The largest absolute Gasteiger partial charge is 0.422 e. The molecular formula is C8H7NO4S. The van der Waals surface area contributed by atoms with Crippen molar-refractivity contribution < 1.29 is 9.52 Å². The standard InChI is InChI=1S/C8H7NO4S/c10-2-1-9-7(11)5-3-14-4-6(5)13-8(9)12/h3-4,10H,1-2H2. The SMILES string of the molecule is O=c1oc2cscc2c(=O)n1CCO. The van der Waals surface area contributed by atoms with Crippen molar-refractivity contribution in [2.24, 2.45) is 0 Å². The van der Waals surface area contributed by atoms with Gasteiger partial charge in [0.15, 0.2) is 5.58 Å². The maximum absolute atomic E-state index is 11.6. The van der Waals surface area contributed by atoms with E-state index in [4.69, 9.17) is 9.52 Å². The Morgan fingerprint density at radius 2 is 2.21 bits per heavy atom. The van der Waals surface area contributed by atoms with Gasteiger partial charge in [0.1, 0.15) is 0 Å². The van der Waals surface area contributed by atoms with Crippen molar-refractivity contribution in [3.63, 3.8) is 0 Å². The minimum atomic E-state index is -0.727. The second kappa shape index (κ2) is 3.39. The topological polar surface area (TPSA) is 72.4 Å². The highest BCUT2D eigenvalue weighted by Gasteiger charge is 2.09. The van der Waals surface area contributed by atoms with E-state index in [2.05, 4.69) is 0 Å². The number of fused-ring (bicyclic) bond motifs is 1. The van der Waals surface area contributed by atoms with E-state index in [1.165, 1.54) is 11.3 Å². The summed E-state index contributed by atoms with van der Waals surface area (Å²) < 4.78 is 5.76. The first-order chi connectivity index (χ1) is 6.74. The molecule has 1 N–H and O–H groups in total. The second-order valence-corrected chi connectivity index (χ2v) is 3.44. The molecule has 0 fully saturated rings. The summed E-state index contributed by atoms with van der Waals surface area (Å²) in [5.74, 6) is -0.727. The lowest BCUT2D eigenvalue weighted by atomic mass is 10.4. The van der Waals surface area contributed by atoms with Gasteiger partial charge in [0, 0.05) is 10.8 Å². The predicted octanol–water partition coefficient (Wildman–Crippen LogP) is 0.00850. The highest BCUT2D eigenvalue weighted by Crippen LogP contribution is 2.12. The number of rotatable bonds is 2. The van der Waals surface area contributed by atoms with Gasteiger partial charge in [-0.3, -0.25) is 4.79 Å². The van der Waals surface area contributed by atoms with Crippen LogP contribution in [0.1, 0.15) is 0 Å². The van der Waals surface area contributed by atoms with E-state index < -0.39 is 11.3 Å². The molecule has 0 amide bonds. The van der Waals surface area contributed by atoms with Crippen LogP contribution in [0, 0.1) is 0 Å². The lowest BCUT2D eigenvalue weighted by molar-refractivity contribution is 0.265. The number of aliphatic hydroxyl groups excluding tert-OH is 1. The molecule has 14 heavy (non-hydrogen) atoms. The summed E-state index contributed by atoms with van der Waals surface area (Å²) in [5, 5.41) is 12.2. The fourth-order valence-corrected chi connectivity index (χ4v) is 1.91. The molecule has 2 heterocycles. The van der Waals surface area contributed by atoms with Crippen LogP contribution >= 0.6 is 11.3 Å². The molecule has 0 aliphatic heterocycles. The quantitative estimate of drug-likeness (QED) is 0.762. The van der Waals surface area contributed by atoms with E-state index in [1.807, 2.05) is 0 Å². The Balaban J connectivity index is 2.83. The van der Waals surface area contributed by atoms with Gasteiger partial charge in [0.05, 0.1) is 18.5 Å². The number of nitrogens with zero attached hydrogens (tertiary/aromatic N) is 1. The summed E-state index contributed by atoms with van der Waals surface area (Å²) in [6, 6.07) is 0. The molecule has 5 nitrogen and oxygen atoms in total. The van der Waals surface area contributed by atoms with Gasteiger partial charge in [0.25, 0.3) is 5.56 Å². The first kappa shape index (κ1) is 9.17. The van der Waals surface area contributed by atoms with Crippen LogP contribution in [0.2, 0.25) is 0 Å². The number of aromatic nitrogens is 1. The Labute approximate surface area is 81.8 Å². The van der Waals surface area contributed by atoms with Gasteiger partial charge in [-0.1, -0.05) is 0 Å². The van der Waals surface area contributed by atoms with Crippen molar-refractivity contribution in [2.75, 3.05) is 6.61 Å². The Bertz CT molecular complexity index is 564. The third kappa shape index (κ3) is 1.28. The molecule has 6 heteroatoms. The summed E-state index contributed by atoms with van der Waals surface area (Å²) in [7, 11) is 0. The fourth-order valence-electron chi connectivity index (χ4n) is 1.19. The summed E-state index contributed by atoms with van der Waals surface area (Å²) in [5.41, 5.74) is -0.106. The van der Waals surface area contributed by atoms with Crippen LogP contribution in [-0.2, 0) is 6.54 Å². The van der Waals surface area contributed by atoms with Crippen LogP contribution in [0.15, 0.2) is 24.8 Å². The summed E-state index contributed by atoms with van der Waals surface area (Å²) in [6.07, 6.45) is 0. The van der Waals surface area contributed by atoms with Gasteiger partial charge in [-0.05, 0) is 0 Å². The summed E-state index contributed by atoms with van der Waals surface area (Å²) in [6.45, 7) is -0.298. The van der Waals surface area contributed by atoms with E-state index in [0.717, 1.165) is 4.57 Å². The first-order valence-electron chi connectivity index (χ1n) is 3.94. The molecule has 2 aromatic heterocycles. The summed E-state index contributed by atoms with van der Waals surface area (Å²) >= 11 is 1.29. The third-order valence-corrected chi connectivity index (χ3v) is 2.57. The molecule has 74 valence electrons. The minimum absolute atomic E-state index is 0.0348. The number of aliphatic hydroxyl groups is 1. The molecular weight excluding hydrogens is 206 g/mol. The Hall–Kier alpha value is -1.40. The molecule has 0 spiro atoms. The molecule has 2 rings (SSSR count). The molecule has 0 aromatic carbocycles. The zero-order valence-electron chi connectivity index (χ0n) is 7.10. The third-order valence-electron chi connectivity index (χ3n) is 1.84. The molecule has 0 saturated heterocycles. The molecule has 0 radical (unpaired) electrons. The highest BCUT2D eigenvalue weighted by molar-refractivity contribution is 7.09. The van der Waals surface area contributed by atoms with Crippen molar-refractivity contribution in [3.05, 3.63) is 31.7 Å². The van der Waals surface area contributed by atoms with Crippen LogP contribution < -0.4 is 11.3 Å². The minimum Gasteiger partial charge on any atom is -0.408 e. The van der Waals surface area contributed by atoms with Crippen molar-refractivity contribution in [1.29, 1.82) is 0 Å². The van der Waals surface area contributed by atoms with Crippen LogP contribution in [0.4, 0.5) is 0 Å². The predicted molar refractivity (Wildman–Crippen MR) is 51.7 cm³/mol. The lowest BCUT2D eigenvalue weighted by Gasteiger charge is -1.99. The molecule has 0 bridgehead atoms. The van der Waals surface area contributed by atoms with E-state index in [1.54, 1.807) is 10.8 Å². The van der Waals surface area contributed by atoms with Crippen molar-refractivity contribution in [3.8, 4) is 0 Å². The first-order valence-corrected chi connectivity index (χ1v) is 4.89. The zero-order chi connectivity index (χ0) is 10.1. The Morgan fingerprint density at radius 1 is 1.43 bits per heavy atom. The van der Waals surface area contributed by atoms with Crippen molar-refractivity contribution >= 4 is 22.3 Å². The van der Waals surface area contributed by atoms with E-state index in [9.17, 15) is 9.59 Å². The molecule has 0 aliphatic rings. The maximum Gasteiger partial charge on any atom is 0.422 e. The van der Waals surface area contributed by atoms with Crippen LogP contribution in [0.25, 0.3) is 11.0 Å². The van der Waals surface area contributed by atoms with E-state index >= 15 is 0 Å². The number of hydrogen-bond acceptors (Lipinski definition) is 5. The van der Waals surface area contributed by atoms with Gasteiger partial charge in [0.2, 0.25) is 0 Å². The molecule has 0 aliphatic carbocycles. The zero-order valence-corrected chi connectivity index (χ0v) is 7.91. The van der Waals surface area contributed by atoms with Gasteiger partial charge in [-0.15, -0.1) is 11.3 Å². The van der Waals surface area contributed by atoms with Crippen molar-refractivity contribution in [2.45, 2.75) is 6.54 Å². The summed E-state index contributed by atoms with van der Waals surface area (Å²) in [4.78, 5) is 22.8. The average molecular weight is 213 g/mol. The fraction of sp³-hybridized carbons (Fsp3) is 0.250. The van der Waals surface area contributed by atoms with Crippen LogP contribution in [-0.4, -0.2) is 16.3 Å². The maximum atomic E-state index is 11.6. The Morgan fingerprint density at radius 3 is 2.93 bits per heavy atom.